The molecule has 0 unspecified atom stereocenters. The van der Waals surface area contributed by atoms with Crippen LogP contribution in [0, 0.1) is 0 Å². The summed E-state index contributed by atoms with van der Waals surface area (Å²) < 4.78 is 4.82. The largest absolute Gasteiger partial charge is 0.450 e. The molecule has 0 saturated carbocycles. The first kappa shape index (κ1) is 21.1. The second-order valence-corrected chi connectivity index (χ2v) is 4.82. The summed E-state index contributed by atoms with van der Waals surface area (Å²) in [4.78, 5) is 56.3. The van der Waals surface area contributed by atoms with Crippen LogP contribution in [0.4, 0.5) is 4.79 Å². The third-order valence-electron chi connectivity index (χ3n) is 2.63. The molecule has 0 aromatic rings. The molecule has 0 spiro atoms. The van der Waals surface area contributed by atoms with E-state index < -0.39 is 48.7 Å². The van der Waals surface area contributed by atoms with Crippen molar-refractivity contribution < 1.29 is 28.7 Å². The minimum absolute atomic E-state index is 0.169. The van der Waals surface area contributed by atoms with Gasteiger partial charge in [-0.25, -0.2) is 4.79 Å². The number of amides is 5. The smallest absolute Gasteiger partial charge is 0.407 e. The zero-order valence-corrected chi connectivity index (χ0v) is 13.4. The van der Waals surface area contributed by atoms with Gasteiger partial charge in [-0.15, -0.1) is 0 Å². The lowest BCUT2D eigenvalue weighted by Crippen LogP contribution is -2.51. The Kier molecular flexibility index (Phi) is 10.3. The van der Waals surface area contributed by atoms with Gasteiger partial charge in [-0.2, -0.15) is 0 Å². The maximum absolute atomic E-state index is 11.9. The molecule has 11 nitrogen and oxygen atoms in total. The van der Waals surface area contributed by atoms with Crippen LogP contribution in [0.2, 0.25) is 0 Å². The molecule has 5 amide bonds. The molecular formula is C13H23N5O6. The van der Waals surface area contributed by atoms with Crippen LogP contribution in [0.5, 0.6) is 0 Å². The summed E-state index contributed by atoms with van der Waals surface area (Å²) in [7, 11) is 0. The van der Waals surface area contributed by atoms with Crippen molar-refractivity contribution in [3.05, 3.63) is 0 Å². The van der Waals surface area contributed by atoms with Gasteiger partial charge in [0.25, 0.3) is 0 Å². The van der Waals surface area contributed by atoms with E-state index in [1.54, 1.807) is 0 Å². The van der Waals surface area contributed by atoms with Gasteiger partial charge in [0, 0.05) is 0 Å². The molecule has 11 heteroatoms. The van der Waals surface area contributed by atoms with Crippen molar-refractivity contribution in [3.8, 4) is 0 Å². The minimum Gasteiger partial charge on any atom is -0.450 e. The highest BCUT2D eigenvalue weighted by atomic mass is 16.5. The minimum atomic E-state index is -1.28. The van der Waals surface area contributed by atoms with E-state index in [2.05, 4.69) is 16.0 Å². The van der Waals surface area contributed by atoms with Crippen molar-refractivity contribution in [2.45, 2.75) is 32.2 Å². The highest BCUT2D eigenvalue weighted by Gasteiger charge is 2.23. The Bertz CT molecular complexity index is 481. The quantitative estimate of drug-likeness (QED) is 0.257. The number of rotatable bonds is 11. The molecule has 0 aliphatic rings. The van der Waals surface area contributed by atoms with E-state index >= 15 is 0 Å². The number of nitrogens with one attached hydrogen (secondary N) is 3. The molecule has 0 aromatic heterocycles. The Morgan fingerprint density at radius 3 is 2.21 bits per heavy atom. The molecule has 24 heavy (non-hydrogen) atoms. The number of nitrogens with two attached hydrogens (primary N) is 2. The van der Waals surface area contributed by atoms with Gasteiger partial charge in [-0.1, -0.05) is 13.3 Å². The maximum atomic E-state index is 11.9. The number of hydrogen-bond acceptors (Lipinski definition) is 6. The normalized spacial score (nSPS) is 11.0. The van der Waals surface area contributed by atoms with E-state index in [1.165, 1.54) is 0 Å². The van der Waals surface area contributed by atoms with Gasteiger partial charge in [0.05, 0.1) is 26.1 Å². The average molecular weight is 345 g/mol. The Labute approximate surface area is 138 Å². The second kappa shape index (κ2) is 11.7. The SMILES string of the molecule is CCCCOC(=O)N[C@@H](CC(N)=O)C(=O)NCC(=O)NCC(N)=O. The number of carbonyl (C=O) groups excluding carboxylic acids is 5. The number of ether oxygens (including phenoxy) is 1. The van der Waals surface area contributed by atoms with Crippen LogP contribution >= 0.6 is 0 Å². The molecule has 1 atom stereocenters. The Hall–Kier alpha value is -2.85. The number of unbranched alkanes of at least 4 members (excludes halogenated alkanes) is 1. The Morgan fingerprint density at radius 1 is 1.00 bits per heavy atom. The van der Waals surface area contributed by atoms with Crippen molar-refractivity contribution >= 4 is 29.7 Å². The van der Waals surface area contributed by atoms with Crippen molar-refractivity contribution in [2.24, 2.45) is 11.5 Å². The predicted molar refractivity (Wildman–Crippen MR) is 82.2 cm³/mol. The van der Waals surface area contributed by atoms with E-state index in [1.807, 2.05) is 6.92 Å². The first-order valence-electron chi connectivity index (χ1n) is 7.30. The fourth-order valence-corrected chi connectivity index (χ4v) is 1.44. The number of primary amides is 2. The highest BCUT2D eigenvalue weighted by Crippen LogP contribution is 1.95. The number of carbonyl (C=O) groups is 5. The van der Waals surface area contributed by atoms with Gasteiger partial charge >= 0.3 is 6.09 Å². The van der Waals surface area contributed by atoms with Crippen molar-refractivity contribution in [2.75, 3.05) is 19.7 Å². The van der Waals surface area contributed by atoms with Crippen LogP contribution < -0.4 is 27.4 Å². The summed E-state index contributed by atoms with van der Waals surface area (Å²) in [5.74, 6) is -3.01. The lowest BCUT2D eigenvalue weighted by Gasteiger charge is -2.17. The molecule has 0 bridgehead atoms. The zero-order valence-electron chi connectivity index (χ0n) is 13.4. The van der Waals surface area contributed by atoms with Crippen LogP contribution in [-0.2, 0) is 23.9 Å². The van der Waals surface area contributed by atoms with Crippen LogP contribution in [-0.4, -0.2) is 55.5 Å². The summed E-state index contributed by atoms with van der Waals surface area (Å²) in [5.41, 5.74) is 9.87. The zero-order chi connectivity index (χ0) is 18.5. The monoisotopic (exact) mass is 345 g/mol. The predicted octanol–water partition coefficient (Wildman–Crippen LogP) is -2.53. The van der Waals surface area contributed by atoms with Gasteiger partial charge < -0.3 is 32.2 Å². The second-order valence-electron chi connectivity index (χ2n) is 4.82. The summed E-state index contributed by atoms with van der Waals surface area (Å²) >= 11 is 0. The number of alkyl carbamates (subject to hydrolysis) is 1. The lowest BCUT2D eigenvalue weighted by atomic mass is 10.2. The molecule has 0 radical (unpaired) electrons. The third-order valence-corrected chi connectivity index (χ3v) is 2.63. The fourth-order valence-electron chi connectivity index (χ4n) is 1.44. The summed E-state index contributed by atoms with van der Waals surface area (Å²) in [5, 5.41) is 6.56. The lowest BCUT2D eigenvalue weighted by molar-refractivity contribution is -0.129. The van der Waals surface area contributed by atoms with E-state index in [0.717, 1.165) is 6.42 Å². The van der Waals surface area contributed by atoms with Crippen LogP contribution in [0.3, 0.4) is 0 Å². The van der Waals surface area contributed by atoms with Crippen molar-refractivity contribution in [1.29, 1.82) is 0 Å². The van der Waals surface area contributed by atoms with Crippen LogP contribution in [0.25, 0.3) is 0 Å². The molecule has 0 saturated heterocycles. The standard InChI is InChI=1S/C13H23N5O6/c1-2-3-4-24-13(23)18-8(5-9(14)19)12(22)17-7-11(21)16-6-10(15)20/h8H,2-7H2,1H3,(H2,14,19)(H2,15,20)(H,16,21)(H,17,22)(H,18,23)/t8-/m0/s1. The molecule has 7 N–H and O–H groups in total. The summed E-state index contributed by atoms with van der Waals surface area (Å²) in [6.07, 6.45) is 0.138. The number of hydrogen-bond donors (Lipinski definition) is 5. The van der Waals surface area contributed by atoms with Crippen LogP contribution in [0.1, 0.15) is 26.2 Å². The van der Waals surface area contributed by atoms with E-state index in [0.29, 0.717) is 6.42 Å². The molecule has 0 heterocycles. The molecule has 0 aliphatic heterocycles. The Balaban J connectivity index is 4.43. The molecule has 0 fully saturated rings. The van der Waals surface area contributed by atoms with E-state index in [9.17, 15) is 24.0 Å². The van der Waals surface area contributed by atoms with Crippen molar-refractivity contribution in [3.63, 3.8) is 0 Å². The highest BCUT2D eigenvalue weighted by molar-refractivity contribution is 5.93. The van der Waals surface area contributed by atoms with E-state index in [4.69, 9.17) is 16.2 Å². The van der Waals surface area contributed by atoms with Crippen molar-refractivity contribution in [1.82, 2.24) is 16.0 Å². The topological polar surface area (TPSA) is 183 Å². The first-order chi connectivity index (χ1) is 11.3. The molecule has 0 aliphatic carbocycles. The van der Waals surface area contributed by atoms with Gasteiger partial charge in [-0.05, 0) is 6.42 Å². The fraction of sp³-hybridized carbons (Fsp3) is 0.615. The molecule has 0 rings (SSSR count). The molecular weight excluding hydrogens is 322 g/mol. The van der Waals surface area contributed by atoms with Gasteiger partial charge in [0.1, 0.15) is 6.04 Å². The molecule has 0 aromatic carbocycles. The molecule has 136 valence electrons. The van der Waals surface area contributed by atoms with Gasteiger partial charge in [0.15, 0.2) is 0 Å². The van der Waals surface area contributed by atoms with Crippen LogP contribution in [0.15, 0.2) is 0 Å². The summed E-state index contributed by atoms with van der Waals surface area (Å²) in [6.45, 7) is 1.24. The summed E-state index contributed by atoms with van der Waals surface area (Å²) in [6, 6.07) is -1.28. The van der Waals surface area contributed by atoms with Gasteiger partial charge in [0.2, 0.25) is 23.6 Å². The maximum Gasteiger partial charge on any atom is 0.407 e. The van der Waals surface area contributed by atoms with E-state index in [-0.39, 0.29) is 13.2 Å². The Morgan fingerprint density at radius 2 is 1.67 bits per heavy atom. The van der Waals surface area contributed by atoms with Gasteiger partial charge in [-0.3, -0.25) is 19.2 Å². The average Bonchev–Trinajstić information content (AvgIpc) is 2.49. The first-order valence-corrected chi connectivity index (χ1v) is 7.30. The third kappa shape index (κ3) is 10.8.